The number of methoxy groups -OCH3 is 1. The van der Waals surface area contributed by atoms with Gasteiger partial charge in [0.1, 0.15) is 6.04 Å². The number of nitrogens with two attached hydrogens (primary N) is 3. The Balaban J connectivity index is 1.42. The summed E-state index contributed by atoms with van der Waals surface area (Å²) in [5.74, 6) is -2.83. The molecule has 0 radical (unpaired) electrons. The van der Waals surface area contributed by atoms with Crippen molar-refractivity contribution in [3.63, 3.8) is 0 Å². The molecule has 0 saturated carbocycles. The predicted octanol–water partition coefficient (Wildman–Crippen LogP) is 2.07. The number of carbonyl (C=O) groups excluding carboxylic acids is 2. The summed E-state index contributed by atoms with van der Waals surface area (Å²) in [5, 5.41) is 8.85. The van der Waals surface area contributed by atoms with Crippen molar-refractivity contribution in [2.75, 3.05) is 32.1 Å². The Morgan fingerprint density at radius 3 is 2.56 bits per heavy atom. The van der Waals surface area contributed by atoms with E-state index >= 15 is 0 Å². The molecule has 0 spiro atoms. The zero-order chi connectivity index (χ0) is 32.7. The molecular formula is C30H36F2N10O3. The number of amides is 2. The Kier molecular flexibility index (Phi) is 10.5. The third kappa shape index (κ3) is 7.62. The number of nitrogens with zero attached hydrogens (tertiary/aromatic N) is 4. The number of aryl methyl sites for hydroxylation is 1. The number of halogens is 2. The fourth-order valence-electron chi connectivity index (χ4n) is 4.54. The van der Waals surface area contributed by atoms with Crippen LogP contribution in [0.1, 0.15) is 29.8 Å². The Morgan fingerprint density at radius 1 is 1.09 bits per heavy atom. The summed E-state index contributed by atoms with van der Waals surface area (Å²) >= 11 is 0. The molecule has 0 fully saturated rings. The molecule has 2 amide bonds. The first-order chi connectivity index (χ1) is 21.5. The van der Waals surface area contributed by atoms with Gasteiger partial charge in [-0.1, -0.05) is 13.8 Å². The van der Waals surface area contributed by atoms with Crippen LogP contribution in [0, 0.1) is 17.6 Å². The topological polar surface area (TPSA) is 200 Å². The van der Waals surface area contributed by atoms with E-state index in [-0.39, 0.29) is 35.6 Å². The van der Waals surface area contributed by atoms with E-state index in [2.05, 4.69) is 30.9 Å². The molecule has 2 heterocycles. The molecule has 238 valence electrons. The highest BCUT2D eigenvalue weighted by Gasteiger charge is 2.20. The monoisotopic (exact) mass is 622 g/mol. The van der Waals surface area contributed by atoms with Gasteiger partial charge in [0.2, 0.25) is 11.7 Å². The lowest BCUT2D eigenvalue weighted by molar-refractivity contribution is -0.122. The van der Waals surface area contributed by atoms with Crippen LogP contribution in [-0.4, -0.2) is 64.9 Å². The van der Waals surface area contributed by atoms with Gasteiger partial charge in [-0.15, -0.1) is 0 Å². The molecular weight excluding hydrogens is 586 g/mol. The molecule has 2 atom stereocenters. The standard InChI is InChI=1S/C30H36F2N10O3/c1-4-17-11-18(5-6-19(17)28(43)38-12-16(2)13-39-29(44)21(33)14-40-30(34)35)41-26-27-37-15-22(42(27)10-9-36-26)20-7-8-23(45-3)25(32)24(20)31/h5-11,15-16,21H,4,12-14,33H2,1-3H3,(H,36,41)(H,38,43)(H,39,44)(H4,34,35,40). The normalized spacial score (nSPS) is 12.3. The maximum Gasteiger partial charge on any atom is 0.251 e. The maximum absolute atomic E-state index is 14.8. The van der Waals surface area contributed by atoms with Crippen molar-refractivity contribution in [3.05, 3.63) is 71.7 Å². The predicted molar refractivity (Wildman–Crippen MR) is 167 cm³/mol. The third-order valence-electron chi connectivity index (χ3n) is 7.01. The molecule has 0 aliphatic heterocycles. The van der Waals surface area contributed by atoms with Gasteiger partial charge in [0.15, 0.2) is 29.0 Å². The highest BCUT2D eigenvalue weighted by Crippen LogP contribution is 2.31. The summed E-state index contributed by atoms with van der Waals surface area (Å²) in [4.78, 5) is 37.7. The van der Waals surface area contributed by atoms with Gasteiger partial charge in [-0.25, -0.2) is 14.4 Å². The lowest BCUT2D eigenvalue weighted by Gasteiger charge is -2.17. The van der Waals surface area contributed by atoms with Crippen molar-refractivity contribution in [2.45, 2.75) is 26.3 Å². The lowest BCUT2D eigenvalue weighted by atomic mass is 10.0. The zero-order valence-electron chi connectivity index (χ0n) is 25.1. The van der Waals surface area contributed by atoms with Gasteiger partial charge in [0, 0.05) is 42.3 Å². The van der Waals surface area contributed by atoms with Gasteiger partial charge in [0.05, 0.1) is 25.5 Å². The number of anilines is 2. The zero-order valence-corrected chi connectivity index (χ0v) is 25.1. The largest absolute Gasteiger partial charge is 0.494 e. The van der Waals surface area contributed by atoms with E-state index in [0.717, 1.165) is 5.56 Å². The summed E-state index contributed by atoms with van der Waals surface area (Å²) in [7, 11) is 1.27. The Labute approximate surface area is 258 Å². The number of hydrogen-bond donors (Lipinski definition) is 6. The van der Waals surface area contributed by atoms with E-state index in [0.29, 0.717) is 47.9 Å². The molecule has 2 aromatic carbocycles. The second-order valence-electron chi connectivity index (χ2n) is 10.3. The van der Waals surface area contributed by atoms with Crippen LogP contribution in [0.25, 0.3) is 16.9 Å². The summed E-state index contributed by atoms with van der Waals surface area (Å²) in [6.45, 7) is 4.40. The number of benzene rings is 2. The second-order valence-corrected chi connectivity index (χ2v) is 10.3. The number of ether oxygens (including phenoxy) is 1. The number of imidazole rings is 1. The SMILES string of the molecule is CCc1cc(Nc2nccn3c(-c4ccc(OC)c(F)c4F)cnc23)ccc1C(=O)NCC(C)CNC(=O)C(N)CN=C(N)N. The van der Waals surface area contributed by atoms with E-state index in [4.69, 9.17) is 21.9 Å². The van der Waals surface area contributed by atoms with E-state index in [1.807, 2.05) is 19.9 Å². The minimum absolute atomic E-state index is 0.0182. The van der Waals surface area contributed by atoms with Crippen LogP contribution in [0.4, 0.5) is 20.3 Å². The fourth-order valence-corrected chi connectivity index (χ4v) is 4.54. The van der Waals surface area contributed by atoms with Crippen LogP contribution in [0.2, 0.25) is 0 Å². The van der Waals surface area contributed by atoms with Gasteiger partial charge in [-0.3, -0.25) is 19.0 Å². The molecule has 2 unspecified atom stereocenters. The number of hydrogen-bond acceptors (Lipinski definition) is 8. The fraction of sp³-hybridized carbons (Fsp3) is 0.300. The highest BCUT2D eigenvalue weighted by molar-refractivity contribution is 5.96. The van der Waals surface area contributed by atoms with Crippen LogP contribution < -0.4 is 37.9 Å². The average molecular weight is 623 g/mol. The van der Waals surface area contributed by atoms with Crippen LogP contribution in [0.3, 0.4) is 0 Å². The second kappa shape index (κ2) is 14.4. The van der Waals surface area contributed by atoms with Crippen LogP contribution in [-0.2, 0) is 11.2 Å². The van der Waals surface area contributed by atoms with Crippen LogP contribution in [0.5, 0.6) is 5.75 Å². The smallest absolute Gasteiger partial charge is 0.251 e. The molecule has 2 aromatic heterocycles. The highest BCUT2D eigenvalue weighted by atomic mass is 19.2. The minimum atomic E-state index is -1.09. The molecule has 0 saturated heterocycles. The lowest BCUT2D eigenvalue weighted by Crippen LogP contribution is -2.45. The number of nitrogens with one attached hydrogen (secondary N) is 3. The molecule has 45 heavy (non-hydrogen) atoms. The van der Waals surface area contributed by atoms with E-state index in [9.17, 15) is 18.4 Å². The van der Waals surface area contributed by atoms with Gasteiger partial charge in [-0.05, 0) is 48.2 Å². The molecule has 15 heteroatoms. The van der Waals surface area contributed by atoms with Crippen LogP contribution in [0.15, 0.2) is 53.9 Å². The molecule has 4 aromatic rings. The number of aliphatic imine (C=N–C) groups is 1. The molecule has 9 N–H and O–H groups in total. The van der Waals surface area contributed by atoms with Gasteiger partial charge in [-0.2, -0.15) is 4.39 Å². The van der Waals surface area contributed by atoms with Gasteiger partial charge < -0.3 is 37.9 Å². The summed E-state index contributed by atoms with van der Waals surface area (Å²) in [6, 6.07) is 7.18. The average Bonchev–Trinajstić information content (AvgIpc) is 3.47. The molecule has 13 nitrogen and oxygen atoms in total. The Bertz CT molecular complexity index is 1720. The number of guanidine groups is 1. The Hall–Kier alpha value is -5.31. The van der Waals surface area contributed by atoms with Gasteiger partial charge in [0.25, 0.3) is 5.91 Å². The van der Waals surface area contributed by atoms with Crippen molar-refractivity contribution in [1.29, 1.82) is 0 Å². The first-order valence-electron chi connectivity index (χ1n) is 14.1. The molecule has 0 bridgehead atoms. The van der Waals surface area contributed by atoms with Crippen molar-refractivity contribution in [1.82, 2.24) is 25.0 Å². The molecule has 0 aliphatic rings. The van der Waals surface area contributed by atoms with Crippen molar-refractivity contribution in [2.24, 2.45) is 28.1 Å². The van der Waals surface area contributed by atoms with E-state index < -0.39 is 23.6 Å². The van der Waals surface area contributed by atoms with Crippen molar-refractivity contribution in [3.8, 4) is 17.0 Å². The maximum atomic E-state index is 14.8. The quantitative estimate of drug-likeness (QED) is 0.0954. The number of aromatic nitrogens is 3. The molecule has 0 aliphatic carbocycles. The first-order valence-corrected chi connectivity index (χ1v) is 14.1. The summed E-state index contributed by atoms with van der Waals surface area (Å²) in [6.07, 6.45) is 5.13. The number of carbonyl (C=O) groups is 2. The minimum Gasteiger partial charge on any atom is -0.494 e. The van der Waals surface area contributed by atoms with E-state index in [1.54, 1.807) is 22.7 Å². The van der Waals surface area contributed by atoms with Crippen LogP contribution >= 0.6 is 0 Å². The third-order valence-corrected chi connectivity index (χ3v) is 7.01. The van der Waals surface area contributed by atoms with Gasteiger partial charge >= 0.3 is 0 Å². The molecule has 4 rings (SSSR count). The first kappa shape index (κ1) is 32.6. The van der Waals surface area contributed by atoms with Crippen molar-refractivity contribution < 1.29 is 23.1 Å². The van der Waals surface area contributed by atoms with E-state index in [1.165, 1.54) is 31.6 Å². The Morgan fingerprint density at radius 2 is 1.84 bits per heavy atom. The summed E-state index contributed by atoms with van der Waals surface area (Å²) < 4.78 is 35.7. The van der Waals surface area contributed by atoms with Crippen molar-refractivity contribution >= 4 is 34.9 Å². The summed E-state index contributed by atoms with van der Waals surface area (Å²) in [5.41, 5.74) is 19.0. The number of rotatable bonds is 13. The number of fused-ring (bicyclic) bond motifs is 1.